The quantitative estimate of drug-likeness (QED) is 0.932. The van der Waals surface area contributed by atoms with Gasteiger partial charge < -0.3 is 9.88 Å². The number of rotatable bonds is 3. The number of nitrogens with zero attached hydrogens (tertiary/aromatic N) is 2. The maximum Gasteiger partial charge on any atom is 0.225 e. The van der Waals surface area contributed by atoms with E-state index in [4.69, 9.17) is 0 Å². The van der Waals surface area contributed by atoms with Gasteiger partial charge in [0.1, 0.15) is 5.82 Å². The summed E-state index contributed by atoms with van der Waals surface area (Å²) in [7, 11) is 0. The van der Waals surface area contributed by atoms with Gasteiger partial charge in [-0.2, -0.15) is 0 Å². The molecule has 1 aliphatic carbocycles. The highest BCUT2D eigenvalue weighted by Crippen LogP contribution is 2.38. The smallest absolute Gasteiger partial charge is 0.225 e. The number of fused-ring (bicyclic) bond motifs is 1. The first-order valence-corrected chi connectivity index (χ1v) is 7.21. The summed E-state index contributed by atoms with van der Waals surface area (Å²) in [5, 5.41) is 3.00. The minimum Gasteiger partial charge on any atom is -0.348 e. The van der Waals surface area contributed by atoms with E-state index in [0.29, 0.717) is 12.6 Å². The number of carbonyl (C=O) groups excluding carboxylic acids is 1. The number of para-hydroxylation sites is 2. The Morgan fingerprint density at radius 2 is 2.05 bits per heavy atom. The zero-order valence-corrected chi connectivity index (χ0v) is 12.3. The summed E-state index contributed by atoms with van der Waals surface area (Å²) in [6.07, 6.45) is 2.42. The molecule has 106 valence electrons. The molecule has 1 aromatic carbocycles. The van der Waals surface area contributed by atoms with Crippen LogP contribution in [0, 0.1) is 5.41 Å². The second-order valence-electron chi connectivity index (χ2n) is 6.55. The zero-order chi connectivity index (χ0) is 14.3. The molecule has 0 bridgehead atoms. The second-order valence-corrected chi connectivity index (χ2v) is 6.55. The molecule has 0 radical (unpaired) electrons. The van der Waals surface area contributed by atoms with Gasteiger partial charge in [0.25, 0.3) is 0 Å². The van der Waals surface area contributed by atoms with Crippen LogP contribution in [0.2, 0.25) is 0 Å². The molecule has 1 fully saturated rings. The molecule has 0 spiro atoms. The molecule has 0 unspecified atom stereocenters. The van der Waals surface area contributed by atoms with Crippen molar-refractivity contribution < 1.29 is 4.79 Å². The Balaban J connectivity index is 1.88. The van der Waals surface area contributed by atoms with E-state index in [1.165, 1.54) is 18.4 Å². The highest BCUT2D eigenvalue weighted by Gasteiger charge is 2.28. The van der Waals surface area contributed by atoms with Crippen LogP contribution in [-0.2, 0) is 11.3 Å². The summed E-state index contributed by atoms with van der Waals surface area (Å²) in [5.74, 6) is 1.03. The molecule has 1 saturated carbocycles. The average Bonchev–Trinajstić information content (AvgIpc) is 3.15. The fraction of sp³-hybridized carbons (Fsp3) is 0.500. The van der Waals surface area contributed by atoms with E-state index < -0.39 is 0 Å². The topological polar surface area (TPSA) is 46.9 Å². The summed E-state index contributed by atoms with van der Waals surface area (Å²) in [6, 6.07) is 8.74. The third-order valence-electron chi connectivity index (χ3n) is 3.67. The van der Waals surface area contributed by atoms with Crippen LogP contribution in [0.4, 0.5) is 0 Å². The van der Waals surface area contributed by atoms with Crippen LogP contribution in [0.25, 0.3) is 11.0 Å². The summed E-state index contributed by atoms with van der Waals surface area (Å²) in [4.78, 5) is 16.7. The van der Waals surface area contributed by atoms with Gasteiger partial charge in [-0.15, -0.1) is 0 Å². The summed E-state index contributed by atoms with van der Waals surface area (Å²) in [5.41, 5.74) is 1.82. The number of benzene rings is 1. The van der Waals surface area contributed by atoms with Crippen molar-refractivity contribution in [3.8, 4) is 0 Å². The van der Waals surface area contributed by atoms with Gasteiger partial charge in [0, 0.05) is 11.5 Å². The van der Waals surface area contributed by atoms with Crippen LogP contribution in [0.15, 0.2) is 24.3 Å². The van der Waals surface area contributed by atoms with E-state index in [1.54, 1.807) is 0 Å². The van der Waals surface area contributed by atoms with Gasteiger partial charge >= 0.3 is 0 Å². The molecule has 20 heavy (non-hydrogen) atoms. The Hall–Kier alpha value is -1.84. The van der Waals surface area contributed by atoms with Crippen molar-refractivity contribution in [1.29, 1.82) is 0 Å². The SMILES string of the molecule is CC(C)(C)C(=O)NCc1nc2ccccc2n1C1CC1. The van der Waals surface area contributed by atoms with Crippen LogP contribution in [0.5, 0.6) is 0 Å². The molecule has 1 heterocycles. The molecule has 0 saturated heterocycles. The predicted octanol–water partition coefficient (Wildman–Crippen LogP) is 3.03. The van der Waals surface area contributed by atoms with E-state index >= 15 is 0 Å². The first kappa shape index (κ1) is 13.2. The van der Waals surface area contributed by atoms with Crippen molar-refractivity contribution >= 4 is 16.9 Å². The van der Waals surface area contributed by atoms with Crippen molar-refractivity contribution in [3.63, 3.8) is 0 Å². The maximum atomic E-state index is 12.0. The lowest BCUT2D eigenvalue weighted by atomic mass is 9.96. The van der Waals surface area contributed by atoms with Crippen molar-refractivity contribution in [2.45, 2.75) is 46.2 Å². The Bertz CT molecular complexity index is 647. The lowest BCUT2D eigenvalue weighted by Gasteiger charge is -2.17. The second kappa shape index (κ2) is 4.62. The molecule has 4 heteroatoms. The largest absolute Gasteiger partial charge is 0.348 e. The van der Waals surface area contributed by atoms with Gasteiger partial charge in [0.15, 0.2) is 0 Å². The molecule has 1 amide bonds. The number of imidazole rings is 1. The molecule has 0 aliphatic heterocycles. The maximum absolute atomic E-state index is 12.0. The Labute approximate surface area is 119 Å². The Morgan fingerprint density at radius 1 is 1.35 bits per heavy atom. The molecule has 4 nitrogen and oxygen atoms in total. The summed E-state index contributed by atoms with van der Waals surface area (Å²) in [6.45, 7) is 6.27. The third-order valence-corrected chi connectivity index (χ3v) is 3.67. The number of amides is 1. The summed E-state index contributed by atoms with van der Waals surface area (Å²) < 4.78 is 2.29. The molecule has 3 rings (SSSR count). The van der Waals surface area contributed by atoms with Crippen LogP contribution < -0.4 is 5.32 Å². The van der Waals surface area contributed by atoms with Crippen LogP contribution >= 0.6 is 0 Å². The fourth-order valence-electron chi connectivity index (χ4n) is 2.38. The third kappa shape index (κ3) is 2.42. The lowest BCUT2D eigenvalue weighted by molar-refractivity contribution is -0.128. The first-order valence-electron chi connectivity index (χ1n) is 7.21. The molecular formula is C16H21N3O. The summed E-state index contributed by atoms with van der Waals surface area (Å²) >= 11 is 0. The monoisotopic (exact) mass is 271 g/mol. The van der Waals surface area contributed by atoms with Gasteiger partial charge in [-0.25, -0.2) is 4.98 Å². The highest BCUT2D eigenvalue weighted by molar-refractivity contribution is 5.81. The average molecular weight is 271 g/mol. The first-order chi connectivity index (χ1) is 9.47. The van der Waals surface area contributed by atoms with E-state index in [1.807, 2.05) is 39.0 Å². The molecule has 1 N–H and O–H groups in total. The van der Waals surface area contributed by atoms with Gasteiger partial charge in [0.05, 0.1) is 17.6 Å². The standard InChI is InChI=1S/C16H21N3O/c1-16(2,3)15(20)17-10-14-18-12-6-4-5-7-13(12)19(14)11-8-9-11/h4-7,11H,8-10H2,1-3H3,(H,17,20). The normalized spacial score (nSPS) is 15.6. The number of carbonyl (C=O) groups is 1. The number of aromatic nitrogens is 2. The van der Waals surface area contributed by atoms with Crippen molar-refractivity contribution in [1.82, 2.24) is 14.9 Å². The minimum atomic E-state index is -0.365. The van der Waals surface area contributed by atoms with Crippen molar-refractivity contribution in [3.05, 3.63) is 30.1 Å². The van der Waals surface area contributed by atoms with Gasteiger partial charge in [-0.05, 0) is 25.0 Å². The lowest BCUT2D eigenvalue weighted by Crippen LogP contribution is -2.35. The van der Waals surface area contributed by atoms with Crippen LogP contribution in [0.1, 0.15) is 45.5 Å². The molecule has 0 atom stereocenters. The van der Waals surface area contributed by atoms with E-state index in [9.17, 15) is 4.79 Å². The minimum absolute atomic E-state index is 0.0619. The van der Waals surface area contributed by atoms with Gasteiger partial charge in [-0.1, -0.05) is 32.9 Å². The van der Waals surface area contributed by atoms with Crippen molar-refractivity contribution in [2.75, 3.05) is 0 Å². The Kier molecular flexibility index (Phi) is 3.04. The zero-order valence-electron chi connectivity index (χ0n) is 12.3. The Morgan fingerprint density at radius 3 is 2.70 bits per heavy atom. The van der Waals surface area contributed by atoms with E-state index in [0.717, 1.165) is 11.3 Å². The number of hydrogen-bond acceptors (Lipinski definition) is 2. The fourth-order valence-corrected chi connectivity index (χ4v) is 2.38. The van der Waals surface area contributed by atoms with Gasteiger partial charge in [-0.3, -0.25) is 4.79 Å². The molecule has 1 aliphatic rings. The van der Waals surface area contributed by atoms with Gasteiger partial charge in [0.2, 0.25) is 5.91 Å². The molecule has 1 aromatic heterocycles. The number of hydrogen-bond donors (Lipinski definition) is 1. The predicted molar refractivity (Wildman–Crippen MR) is 79.3 cm³/mol. The molecule has 2 aromatic rings. The highest BCUT2D eigenvalue weighted by atomic mass is 16.2. The molecular weight excluding hydrogens is 250 g/mol. The van der Waals surface area contributed by atoms with E-state index in [-0.39, 0.29) is 11.3 Å². The van der Waals surface area contributed by atoms with Crippen LogP contribution in [-0.4, -0.2) is 15.5 Å². The van der Waals surface area contributed by atoms with E-state index in [2.05, 4.69) is 20.9 Å². The van der Waals surface area contributed by atoms with Crippen molar-refractivity contribution in [2.24, 2.45) is 5.41 Å². The van der Waals surface area contributed by atoms with Crippen LogP contribution in [0.3, 0.4) is 0 Å². The number of nitrogens with one attached hydrogen (secondary N) is 1.